The molecule has 1 aliphatic rings. The van der Waals surface area contributed by atoms with Crippen molar-refractivity contribution >= 4 is 45.2 Å². The quantitative estimate of drug-likeness (QED) is 0.857. The van der Waals surface area contributed by atoms with Gasteiger partial charge in [-0.25, -0.2) is 0 Å². The molecule has 1 N–H and O–H groups in total. The van der Waals surface area contributed by atoms with E-state index < -0.39 is 0 Å². The van der Waals surface area contributed by atoms with E-state index >= 15 is 0 Å². The maximum absolute atomic E-state index is 12.2. The maximum Gasteiger partial charge on any atom is 0.251 e. The van der Waals surface area contributed by atoms with Crippen LogP contribution in [0.3, 0.4) is 0 Å². The molecule has 0 bridgehead atoms. The molecule has 5 heteroatoms. The second-order valence-corrected chi connectivity index (χ2v) is 7.22. The van der Waals surface area contributed by atoms with E-state index in [-0.39, 0.29) is 5.91 Å². The molecule has 0 spiro atoms. The first kappa shape index (κ1) is 15.2. The molecule has 2 unspecified atom stereocenters. The zero-order valence-corrected chi connectivity index (χ0v) is 13.9. The van der Waals surface area contributed by atoms with Crippen molar-refractivity contribution in [2.75, 3.05) is 6.26 Å². The van der Waals surface area contributed by atoms with Crippen molar-refractivity contribution in [1.82, 2.24) is 5.32 Å². The molecule has 0 aliphatic heterocycles. The molecule has 0 saturated heterocycles. The molecule has 1 saturated carbocycles. The molecule has 0 aromatic heterocycles. The lowest BCUT2D eigenvalue weighted by atomic mass is 9.94. The normalized spacial score (nSPS) is 23.1. The third-order valence-corrected chi connectivity index (χ3v) is 5.79. The Labute approximate surface area is 131 Å². The van der Waals surface area contributed by atoms with Crippen LogP contribution in [0.2, 0.25) is 5.02 Å². The minimum Gasteiger partial charge on any atom is -0.349 e. The molecular formula is C14H17BrClNOS. The van der Waals surface area contributed by atoms with Gasteiger partial charge < -0.3 is 5.32 Å². The fraction of sp³-hybridized carbons (Fsp3) is 0.500. The van der Waals surface area contributed by atoms with Crippen LogP contribution in [0, 0.1) is 0 Å². The van der Waals surface area contributed by atoms with E-state index in [1.807, 2.05) is 11.8 Å². The summed E-state index contributed by atoms with van der Waals surface area (Å²) in [6, 6.07) is 5.57. The Morgan fingerprint density at radius 1 is 1.47 bits per heavy atom. The van der Waals surface area contributed by atoms with Gasteiger partial charge in [-0.05, 0) is 59.6 Å². The summed E-state index contributed by atoms with van der Waals surface area (Å²) in [7, 11) is 0. The van der Waals surface area contributed by atoms with Crippen molar-refractivity contribution in [2.24, 2.45) is 0 Å². The average Bonchev–Trinajstić information content (AvgIpc) is 2.42. The number of carbonyl (C=O) groups is 1. The fourth-order valence-electron chi connectivity index (χ4n) is 2.40. The van der Waals surface area contributed by atoms with E-state index in [2.05, 4.69) is 27.5 Å². The number of thioether (sulfide) groups is 1. The highest BCUT2D eigenvalue weighted by atomic mass is 79.9. The van der Waals surface area contributed by atoms with Gasteiger partial charge >= 0.3 is 0 Å². The van der Waals surface area contributed by atoms with Crippen molar-refractivity contribution in [2.45, 2.75) is 37.0 Å². The molecule has 2 nitrogen and oxygen atoms in total. The number of halogens is 2. The number of rotatable bonds is 3. The second-order valence-electron chi connectivity index (χ2n) is 4.82. The summed E-state index contributed by atoms with van der Waals surface area (Å²) in [5, 5.41) is 4.43. The van der Waals surface area contributed by atoms with E-state index in [0.717, 1.165) is 17.3 Å². The lowest BCUT2D eigenvalue weighted by Gasteiger charge is -2.28. The first-order valence-corrected chi connectivity index (χ1v) is 8.84. The summed E-state index contributed by atoms with van der Waals surface area (Å²) < 4.78 is 0.757. The number of amides is 1. The topological polar surface area (TPSA) is 29.1 Å². The Balaban J connectivity index is 1.98. The van der Waals surface area contributed by atoms with Crippen molar-refractivity contribution in [3.63, 3.8) is 0 Å². The summed E-state index contributed by atoms with van der Waals surface area (Å²) in [5.41, 5.74) is 0.655. The van der Waals surface area contributed by atoms with Crippen LogP contribution in [0.5, 0.6) is 0 Å². The van der Waals surface area contributed by atoms with Crippen LogP contribution in [0.15, 0.2) is 22.7 Å². The Morgan fingerprint density at radius 3 is 2.95 bits per heavy atom. The minimum atomic E-state index is -0.0101. The molecule has 0 radical (unpaired) electrons. The third kappa shape index (κ3) is 4.14. The summed E-state index contributed by atoms with van der Waals surface area (Å²) in [4.78, 5) is 12.2. The summed E-state index contributed by atoms with van der Waals surface area (Å²) >= 11 is 11.2. The van der Waals surface area contributed by atoms with Crippen LogP contribution in [0.25, 0.3) is 0 Å². The van der Waals surface area contributed by atoms with Gasteiger partial charge in [-0.2, -0.15) is 11.8 Å². The Kier molecular flexibility index (Phi) is 5.60. The molecule has 1 aromatic carbocycles. The van der Waals surface area contributed by atoms with Crippen LogP contribution < -0.4 is 5.32 Å². The number of hydrogen-bond acceptors (Lipinski definition) is 2. The third-order valence-electron chi connectivity index (χ3n) is 3.48. The lowest BCUT2D eigenvalue weighted by Crippen LogP contribution is -2.39. The fourth-order valence-corrected chi connectivity index (χ4v) is 3.72. The Hall–Kier alpha value is -0.190. The van der Waals surface area contributed by atoms with Crippen LogP contribution in [-0.2, 0) is 0 Å². The van der Waals surface area contributed by atoms with Gasteiger partial charge in [-0.3, -0.25) is 4.79 Å². The highest BCUT2D eigenvalue weighted by Gasteiger charge is 2.23. The van der Waals surface area contributed by atoms with Crippen molar-refractivity contribution in [1.29, 1.82) is 0 Å². The largest absolute Gasteiger partial charge is 0.349 e. The second kappa shape index (κ2) is 7.00. The summed E-state index contributed by atoms with van der Waals surface area (Å²) in [5.74, 6) is -0.0101. The van der Waals surface area contributed by atoms with Gasteiger partial charge in [-0.1, -0.05) is 18.0 Å². The highest BCUT2D eigenvalue weighted by molar-refractivity contribution is 9.10. The highest BCUT2D eigenvalue weighted by Crippen LogP contribution is 2.27. The number of hydrogen-bond donors (Lipinski definition) is 1. The van der Waals surface area contributed by atoms with Crippen LogP contribution in [-0.4, -0.2) is 23.5 Å². The lowest BCUT2D eigenvalue weighted by molar-refractivity contribution is 0.0928. The monoisotopic (exact) mass is 361 g/mol. The number of carbonyl (C=O) groups excluding carboxylic acids is 1. The van der Waals surface area contributed by atoms with E-state index in [9.17, 15) is 4.79 Å². The van der Waals surface area contributed by atoms with Gasteiger partial charge in [0.2, 0.25) is 0 Å². The molecule has 2 atom stereocenters. The molecule has 0 heterocycles. The van der Waals surface area contributed by atoms with E-state index in [1.165, 1.54) is 12.8 Å². The smallest absolute Gasteiger partial charge is 0.251 e. The zero-order chi connectivity index (χ0) is 13.8. The molecule has 1 aromatic rings. The van der Waals surface area contributed by atoms with Gasteiger partial charge in [0, 0.05) is 21.3 Å². The number of benzene rings is 1. The molecule has 1 aliphatic carbocycles. The van der Waals surface area contributed by atoms with Crippen molar-refractivity contribution in [3.05, 3.63) is 33.3 Å². The van der Waals surface area contributed by atoms with Crippen LogP contribution in [0.4, 0.5) is 0 Å². The zero-order valence-electron chi connectivity index (χ0n) is 10.8. The standard InChI is InChI=1S/C14H17BrClNOS/c1-19-11-4-2-3-10(8-11)17-14(18)9-5-6-13(16)12(15)7-9/h5-7,10-11H,2-4,8H2,1H3,(H,17,18). The SMILES string of the molecule is CSC1CCCC(NC(=O)c2ccc(Cl)c(Br)c2)C1. The van der Waals surface area contributed by atoms with E-state index in [4.69, 9.17) is 11.6 Å². The molecular weight excluding hydrogens is 346 g/mol. The molecule has 1 amide bonds. The first-order valence-electron chi connectivity index (χ1n) is 6.39. The Bertz CT molecular complexity index is 469. The summed E-state index contributed by atoms with van der Waals surface area (Å²) in [6.07, 6.45) is 6.76. The van der Waals surface area contributed by atoms with Crippen LogP contribution >= 0.6 is 39.3 Å². The first-order chi connectivity index (χ1) is 9.10. The van der Waals surface area contributed by atoms with Crippen molar-refractivity contribution < 1.29 is 4.79 Å². The number of nitrogens with one attached hydrogen (secondary N) is 1. The predicted molar refractivity (Wildman–Crippen MR) is 86.2 cm³/mol. The van der Waals surface area contributed by atoms with Gasteiger partial charge in [-0.15, -0.1) is 0 Å². The van der Waals surface area contributed by atoms with E-state index in [0.29, 0.717) is 21.9 Å². The van der Waals surface area contributed by atoms with Crippen molar-refractivity contribution in [3.8, 4) is 0 Å². The molecule has 19 heavy (non-hydrogen) atoms. The maximum atomic E-state index is 12.2. The molecule has 1 fully saturated rings. The van der Waals surface area contributed by atoms with Gasteiger partial charge in [0.05, 0.1) is 5.02 Å². The predicted octanol–water partition coefficient (Wildman–Crippen LogP) is 4.51. The molecule has 2 rings (SSSR count). The van der Waals surface area contributed by atoms with E-state index in [1.54, 1.807) is 18.2 Å². The van der Waals surface area contributed by atoms with Gasteiger partial charge in [0.25, 0.3) is 5.91 Å². The molecule has 104 valence electrons. The van der Waals surface area contributed by atoms with Gasteiger partial charge in [0.1, 0.15) is 0 Å². The summed E-state index contributed by atoms with van der Waals surface area (Å²) in [6.45, 7) is 0. The average molecular weight is 363 g/mol. The minimum absolute atomic E-state index is 0.0101. The Morgan fingerprint density at radius 2 is 2.26 bits per heavy atom. The van der Waals surface area contributed by atoms with Gasteiger partial charge in [0.15, 0.2) is 0 Å². The van der Waals surface area contributed by atoms with Crippen LogP contribution in [0.1, 0.15) is 36.0 Å².